The molecule has 3 heteroatoms. The molecule has 0 radical (unpaired) electrons. The molecule has 16 heavy (non-hydrogen) atoms. The van der Waals surface area contributed by atoms with Crippen LogP contribution in [0.3, 0.4) is 0 Å². The van der Waals surface area contributed by atoms with Gasteiger partial charge in [-0.3, -0.25) is 0 Å². The Morgan fingerprint density at radius 1 is 1.50 bits per heavy atom. The maximum atomic E-state index is 9.88. The number of hydrogen-bond donors (Lipinski definition) is 2. The second kappa shape index (κ2) is 4.13. The molecular weight excluding hydrogens is 202 g/mol. The number of hydrogen-bond acceptors (Lipinski definition) is 3. The SMILES string of the molecule is CC1=C2CCC(OC(C)N)C2(C)CCC1O. The molecule has 92 valence electrons. The summed E-state index contributed by atoms with van der Waals surface area (Å²) in [5.74, 6) is 0. The van der Waals surface area contributed by atoms with Gasteiger partial charge in [-0.25, -0.2) is 0 Å². The second-order valence-corrected chi connectivity index (χ2v) is 5.50. The summed E-state index contributed by atoms with van der Waals surface area (Å²) in [6.07, 6.45) is 3.74. The molecule has 0 aromatic carbocycles. The van der Waals surface area contributed by atoms with Crippen LogP contribution in [0, 0.1) is 5.41 Å². The van der Waals surface area contributed by atoms with Gasteiger partial charge >= 0.3 is 0 Å². The van der Waals surface area contributed by atoms with Crippen molar-refractivity contribution in [2.75, 3.05) is 0 Å². The average molecular weight is 225 g/mol. The number of rotatable bonds is 2. The third kappa shape index (κ3) is 1.81. The van der Waals surface area contributed by atoms with Crippen LogP contribution in [-0.4, -0.2) is 23.5 Å². The van der Waals surface area contributed by atoms with Crippen molar-refractivity contribution in [3.63, 3.8) is 0 Å². The minimum absolute atomic E-state index is 0.108. The summed E-state index contributed by atoms with van der Waals surface area (Å²) in [6, 6.07) is 0. The highest BCUT2D eigenvalue weighted by Gasteiger charge is 2.47. The van der Waals surface area contributed by atoms with Crippen molar-refractivity contribution in [1.29, 1.82) is 0 Å². The van der Waals surface area contributed by atoms with Crippen LogP contribution < -0.4 is 5.73 Å². The van der Waals surface area contributed by atoms with Crippen LogP contribution >= 0.6 is 0 Å². The van der Waals surface area contributed by atoms with Crippen LogP contribution in [0.15, 0.2) is 11.1 Å². The van der Waals surface area contributed by atoms with Crippen molar-refractivity contribution in [1.82, 2.24) is 0 Å². The van der Waals surface area contributed by atoms with Gasteiger partial charge in [0.15, 0.2) is 0 Å². The Kier molecular flexibility index (Phi) is 3.12. The van der Waals surface area contributed by atoms with Crippen molar-refractivity contribution in [3.8, 4) is 0 Å². The predicted molar refractivity (Wildman–Crippen MR) is 63.8 cm³/mol. The van der Waals surface area contributed by atoms with Gasteiger partial charge in [-0.05, 0) is 45.1 Å². The first-order chi connectivity index (χ1) is 7.45. The lowest BCUT2D eigenvalue weighted by atomic mass is 9.71. The van der Waals surface area contributed by atoms with Gasteiger partial charge in [-0.2, -0.15) is 0 Å². The first kappa shape index (κ1) is 12.1. The van der Waals surface area contributed by atoms with E-state index in [4.69, 9.17) is 10.5 Å². The van der Waals surface area contributed by atoms with E-state index in [1.807, 2.05) is 6.92 Å². The van der Waals surface area contributed by atoms with Crippen LogP contribution in [0.2, 0.25) is 0 Å². The van der Waals surface area contributed by atoms with E-state index in [0.717, 1.165) is 25.7 Å². The van der Waals surface area contributed by atoms with Crippen molar-refractivity contribution in [3.05, 3.63) is 11.1 Å². The van der Waals surface area contributed by atoms with Crippen LogP contribution in [-0.2, 0) is 4.74 Å². The second-order valence-electron chi connectivity index (χ2n) is 5.50. The smallest absolute Gasteiger partial charge is 0.103 e. The van der Waals surface area contributed by atoms with Crippen molar-refractivity contribution < 1.29 is 9.84 Å². The van der Waals surface area contributed by atoms with Crippen molar-refractivity contribution in [2.24, 2.45) is 11.1 Å². The number of fused-ring (bicyclic) bond motifs is 1. The maximum absolute atomic E-state index is 9.88. The molecule has 0 amide bonds. The van der Waals surface area contributed by atoms with Gasteiger partial charge in [0.25, 0.3) is 0 Å². The summed E-state index contributed by atoms with van der Waals surface area (Å²) < 4.78 is 5.83. The summed E-state index contributed by atoms with van der Waals surface area (Å²) >= 11 is 0. The van der Waals surface area contributed by atoms with Gasteiger partial charge in [0.2, 0.25) is 0 Å². The number of nitrogens with two attached hydrogens (primary N) is 1. The lowest BCUT2D eigenvalue weighted by molar-refractivity contribution is -0.0518. The first-order valence-corrected chi connectivity index (χ1v) is 6.24. The zero-order valence-corrected chi connectivity index (χ0v) is 10.5. The highest BCUT2D eigenvalue weighted by atomic mass is 16.5. The summed E-state index contributed by atoms with van der Waals surface area (Å²) in [5.41, 5.74) is 8.42. The topological polar surface area (TPSA) is 55.5 Å². The fourth-order valence-electron chi connectivity index (χ4n) is 3.36. The largest absolute Gasteiger partial charge is 0.389 e. The van der Waals surface area contributed by atoms with E-state index in [1.165, 1.54) is 11.1 Å². The fraction of sp³-hybridized carbons (Fsp3) is 0.846. The molecule has 3 N–H and O–H groups in total. The quantitative estimate of drug-likeness (QED) is 0.558. The van der Waals surface area contributed by atoms with E-state index in [0.29, 0.717) is 0 Å². The van der Waals surface area contributed by atoms with Crippen molar-refractivity contribution >= 4 is 0 Å². The third-order valence-corrected chi connectivity index (χ3v) is 4.35. The maximum Gasteiger partial charge on any atom is 0.103 e. The molecule has 4 unspecified atom stereocenters. The zero-order chi connectivity index (χ0) is 11.9. The van der Waals surface area contributed by atoms with Gasteiger partial charge < -0.3 is 15.6 Å². The molecule has 2 aliphatic carbocycles. The number of aliphatic hydroxyl groups excluding tert-OH is 1. The van der Waals surface area contributed by atoms with Gasteiger partial charge in [-0.15, -0.1) is 0 Å². The molecule has 1 saturated carbocycles. The van der Waals surface area contributed by atoms with Crippen LogP contribution in [0.25, 0.3) is 0 Å². The van der Waals surface area contributed by atoms with Crippen LogP contribution in [0.5, 0.6) is 0 Å². The molecule has 0 saturated heterocycles. The molecule has 0 spiro atoms. The zero-order valence-electron chi connectivity index (χ0n) is 10.5. The number of aliphatic hydroxyl groups is 1. The molecule has 2 aliphatic rings. The lowest BCUT2D eigenvalue weighted by Gasteiger charge is -2.39. The minimum atomic E-state index is -0.239. The Morgan fingerprint density at radius 3 is 2.81 bits per heavy atom. The molecule has 0 heterocycles. The lowest BCUT2D eigenvalue weighted by Crippen LogP contribution is -2.39. The Morgan fingerprint density at radius 2 is 2.19 bits per heavy atom. The molecule has 0 aliphatic heterocycles. The van der Waals surface area contributed by atoms with Gasteiger partial charge in [-0.1, -0.05) is 12.5 Å². The summed E-state index contributed by atoms with van der Waals surface area (Å²) in [6.45, 7) is 6.21. The average Bonchev–Trinajstić information content (AvgIpc) is 2.51. The minimum Gasteiger partial charge on any atom is -0.389 e. The van der Waals surface area contributed by atoms with Crippen LogP contribution in [0.4, 0.5) is 0 Å². The van der Waals surface area contributed by atoms with E-state index in [1.54, 1.807) is 0 Å². The Hall–Kier alpha value is -0.380. The van der Waals surface area contributed by atoms with E-state index in [-0.39, 0.29) is 23.9 Å². The normalized spacial score (nSPS) is 41.1. The van der Waals surface area contributed by atoms with E-state index >= 15 is 0 Å². The summed E-state index contributed by atoms with van der Waals surface area (Å²) in [5, 5.41) is 9.88. The first-order valence-electron chi connectivity index (χ1n) is 6.24. The van der Waals surface area contributed by atoms with Gasteiger partial charge in [0.1, 0.15) is 6.23 Å². The number of ether oxygens (including phenoxy) is 1. The molecule has 3 nitrogen and oxygen atoms in total. The molecular formula is C13H23NO2. The van der Waals surface area contributed by atoms with E-state index < -0.39 is 0 Å². The van der Waals surface area contributed by atoms with E-state index in [9.17, 15) is 5.11 Å². The van der Waals surface area contributed by atoms with Gasteiger partial charge in [0.05, 0.1) is 12.2 Å². The van der Waals surface area contributed by atoms with Crippen LogP contribution in [0.1, 0.15) is 46.5 Å². The fourth-order valence-corrected chi connectivity index (χ4v) is 3.36. The molecule has 0 aromatic heterocycles. The third-order valence-electron chi connectivity index (χ3n) is 4.35. The standard InChI is InChI=1S/C13H23NO2/c1-8-10-4-5-12(16-9(2)14)13(10,3)7-6-11(8)15/h9,11-12,15H,4-7,14H2,1-3H3. The summed E-state index contributed by atoms with van der Waals surface area (Å²) in [4.78, 5) is 0. The molecule has 4 atom stereocenters. The molecule has 2 rings (SSSR count). The Balaban J connectivity index is 2.26. The Labute approximate surface area is 97.7 Å². The molecule has 0 bridgehead atoms. The molecule has 0 aromatic rings. The molecule has 1 fully saturated rings. The van der Waals surface area contributed by atoms with E-state index in [2.05, 4.69) is 13.8 Å². The van der Waals surface area contributed by atoms with Gasteiger partial charge in [0, 0.05) is 5.41 Å². The highest BCUT2D eigenvalue weighted by Crippen LogP contribution is 2.52. The summed E-state index contributed by atoms with van der Waals surface area (Å²) in [7, 11) is 0. The van der Waals surface area contributed by atoms with Crippen molar-refractivity contribution in [2.45, 2.75) is 64.9 Å². The highest BCUT2D eigenvalue weighted by molar-refractivity contribution is 5.31. The Bertz CT molecular complexity index is 311. The predicted octanol–water partition coefficient (Wildman–Crippen LogP) is 1.95. The monoisotopic (exact) mass is 225 g/mol.